The number of guanidine groups is 1. The van der Waals surface area contributed by atoms with Gasteiger partial charge in [-0.25, -0.2) is 0 Å². The van der Waals surface area contributed by atoms with Crippen molar-refractivity contribution < 1.29 is 0 Å². The van der Waals surface area contributed by atoms with Crippen molar-refractivity contribution in [2.75, 3.05) is 38.1 Å². The average molecular weight is 457 g/mol. The van der Waals surface area contributed by atoms with E-state index in [1.807, 2.05) is 30.6 Å². The van der Waals surface area contributed by atoms with E-state index in [0.717, 1.165) is 37.8 Å². The van der Waals surface area contributed by atoms with Crippen LogP contribution >= 0.6 is 35.3 Å². The van der Waals surface area contributed by atoms with Gasteiger partial charge in [0.05, 0.1) is 17.2 Å². The molecule has 5 nitrogen and oxygen atoms in total. The minimum absolute atomic E-state index is 0. The van der Waals surface area contributed by atoms with Crippen molar-refractivity contribution in [3.8, 4) is 0 Å². The van der Waals surface area contributed by atoms with Gasteiger partial charge in [0.1, 0.15) is 0 Å². The van der Waals surface area contributed by atoms with E-state index in [4.69, 9.17) is 0 Å². The Bertz CT molecular complexity index is 651. The third-order valence-electron chi connectivity index (χ3n) is 4.14. The van der Waals surface area contributed by atoms with Crippen LogP contribution in [0.15, 0.2) is 40.8 Å². The van der Waals surface area contributed by atoms with Crippen LogP contribution in [-0.2, 0) is 6.54 Å². The molecular weight excluding hydrogens is 433 g/mol. The number of halogens is 1. The lowest BCUT2D eigenvalue weighted by Crippen LogP contribution is -2.52. The van der Waals surface area contributed by atoms with Crippen LogP contribution in [0.25, 0.3) is 0 Å². The number of rotatable bonds is 3. The quantitative estimate of drug-likeness (QED) is 0.438. The second kappa shape index (κ2) is 9.22. The number of hydrogen-bond donors (Lipinski definition) is 1. The summed E-state index contributed by atoms with van der Waals surface area (Å²) in [6.45, 7) is 6.84. The van der Waals surface area contributed by atoms with E-state index in [9.17, 15) is 0 Å². The van der Waals surface area contributed by atoms with Crippen molar-refractivity contribution in [2.45, 2.75) is 13.5 Å². The van der Waals surface area contributed by atoms with E-state index in [2.05, 4.69) is 55.6 Å². The summed E-state index contributed by atoms with van der Waals surface area (Å²) in [4.78, 5) is 13.6. The number of thiophene rings is 1. The molecule has 1 saturated heterocycles. The maximum atomic E-state index is 4.43. The predicted octanol–water partition coefficient (Wildman–Crippen LogP) is 2.97. The molecule has 2 aromatic heterocycles. The summed E-state index contributed by atoms with van der Waals surface area (Å²) in [5, 5.41) is 6.94. The molecule has 2 aromatic rings. The monoisotopic (exact) mass is 457 g/mol. The van der Waals surface area contributed by atoms with Crippen molar-refractivity contribution in [3.05, 3.63) is 47.1 Å². The number of aliphatic imine (C=N–C) groups is 1. The second-order valence-corrected chi connectivity index (χ2v) is 6.52. The van der Waals surface area contributed by atoms with E-state index in [1.165, 1.54) is 10.6 Å². The van der Waals surface area contributed by atoms with Gasteiger partial charge in [-0.3, -0.25) is 9.98 Å². The van der Waals surface area contributed by atoms with Crippen molar-refractivity contribution in [3.63, 3.8) is 0 Å². The summed E-state index contributed by atoms with van der Waals surface area (Å²) in [6.07, 6.45) is 1.84. The number of hydrogen-bond acceptors (Lipinski definition) is 4. The van der Waals surface area contributed by atoms with Crippen LogP contribution in [0.3, 0.4) is 0 Å². The van der Waals surface area contributed by atoms with Gasteiger partial charge in [0, 0.05) is 39.4 Å². The fourth-order valence-corrected chi connectivity index (χ4v) is 3.57. The molecule has 0 saturated carbocycles. The zero-order valence-corrected chi connectivity index (χ0v) is 17.3. The summed E-state index contributed by atoms with van der Waals surface area (Å²) >= 11 is 1.81. The Hall–Kier alpha value is -1.35. The lowest BCUT2D eigenvalue weighted by molar-refractivity contribution is 0.373. The van der Waals surface area contributed by atoms with Crippen molar-refractivity contribution >= 4 is 46.3 Å². The number of piperazine rings is 1. The maximum Gasteiger partial charge on any atom is 0.194 e. The molecule has 1 aliphatic heterocycles. The molecular formula is C17H24IN5S. The highest BCUT2D eigenvalue weighted by Crippen LogP contribution is 2.22. The fraction of sp³-hybridized carbons (Fsp3) is 0.412. The molecule has 0 aliphatic carbocycles. The number of aryl methyl sites for hydroxylation is 1. The smallest absolute Gasteiger partial charge is 0.194 e. The van der Waals surface area contributed by atoms with Gasteiger partial charge >= 0.3 is 0 Å². The fourth-order valence-electron chi connectivity index (χ4n) is 2.79. The highest BCUT2D eigenvalue weighted by Gasteiger charge is 2.20. The number of anilines is 1. The highest BCUT2D eigenvalue weighted by molar-refractivity contribution is 14.0. The summed E-state index contributed by atoms with van der Waals surface area (Å²) in [5.74, 6) is 0.959. The molecule has 0 bridgehead atoms. The molecule has 0 spiro atoms. The van der Waals surface area contributed by atoms with Gasteiger partial charge in [-0.1, -0.05) is 6.07 Å². The molecule has 0 atom stereocenters. The summed E-state index contributed by atoms with van der Waals surface area (Å²) < 4.78 is 0. The Morgan fingerprint density at radius 3 is 2.67 bits per heavy atom. The SMILES string of the molecule is CN=C(NCc1ncccc1C)N1CCN(c2cccs2)CC1.I. The number of nitrogens with one attached hydrogen (secondary N) is 1. The summed E-state index contributed by atoms with van der Waals surface area (Å²) in [6, 6.07) is 8.36. The molecule has 24 heavy (non-hydrogen) atoms. The molecule has 0 amide bonds. The first-order valence-corrected chi connectivity index (χ1v) is 8.80. The summed E-state index contributed by atoms with van der Waals surface area (Å²) in [5.41, 5.74) is 2.28. The van der Waals surface area contributed by atoms with Gasteiger partial charge in [0.15, 0.2) is 5.96 Å². The third kappa shape index (κ3) is 4.60. The molecule has 3 heterocycles. The summed E-state index contributed by atoms with van der Waals surface area (Å²) in [7, 11) is 1.85. The van der Waals surface area contributed by atoms with Crippen LogP contribution in [-0.4, -0.2) is 49.1 Å². The van der Waals surface area contributed by atoms with Crippen molar-refractivity contribution in [1.29, 1.82) is 0 Å². The molecule has 130 valence electrons. The Morgan fingerprint density at radius 1 is 1.25 bits per heavy atom. The third-order valence-corrected chi connectivity index (χ3v) is 5.07. The second-order valence-electron chi connectivity index (χ2n) is 5.59. The van der Waals surface area contributed by atoms with Crippen molar-refractivity contribution in [1.82, 2.24) is 15.2 Å². The minimum Gasteiger partial charge on any atom is -0.360 e. The van der Waals surface area contributed by atoms with Crippen LogP contribution in [0, 0.1) is 6.92 Å². The molecule has 0 unspecified atom stereocenters. The molecule has 1 fully saturated rings. The first-order chi connectivity index (χ1) is 11.3. The molecule has 3 rings (SSSR count). The number of aromatic nitrogens is 1. The topological polar surface area (TPSA) is 43.8 Å². The van der Waals surface area contributed by atoms with Crippen LogP contribution in [0.2, 0.25) is 0 Å². The highest BCUT2D eigenvalue weighted by atomic mass is 127. The standard InChI is InChI=1S/C17H23N5S.HI/c1-14-5-3-7-19-15(14)13-20-17(18-2)22-10-8-21(9-11-22)16-6-4-12-23-16;/h3-7,12H,8-11,13H2,1-2H3,(H,18,20);1H. The lowest BCUT2D eigenvalue weighted by Gasteiger charge is -2.37. The van der Waals surface area contributed by atoms with E-state index < -0.39 is 0 Å². The van der Waals surface area contributed by atoms with E-state index in [1.54, 1.807) is 0 Å². The van der Waals surface area contributed by atoms with E-state index >= 15 is 0 Å². The zero-order chi connectivity index (χ0) is 16.1. The predicted molar refractivity (Wildman–Crippen MR) is 113 cm³/mol. The molecule has 1 aliphatic rings. The first-order valence-electron chi connectivity index (χ1n) is 7.92. The molecule has 0 radical (unpaired) electrons. The van der Waals surface area contributed by atoms with Crippen LogP contribution < -0.4 is 10.2 Å². The normalized spacial score (nSPS) is 15.2. The van der Waals surface area contributed by atoms with Gasteiger partial charge in [0.25, 0.3) is 0 Å². The van der Waals surface area contributed by atoms with Crippen LogP contribution in [0.4, 0.5) is 5.00 Å². The van der Waals surface area contributed by atoms with Gasteiger partial charge in [-0.15, -0.1) is 35.3 Å². The minimum atomic E-state index is 0. The first kappa shape index (κ1) is 19.0. The van der Waals surface area contributed by atoms with Gasteiger partial charge in [-0.05, 0) is 36.1 Å². The molecule has 0 aromatic carbocycles. The average Bonchev–Trinajstić information content (AvgIpc) is 3.12. The Kier molecular flexibility index (Phi) is 7.29. The van der Waals surface area contributed by atoms with Gasteiger partial charge in [-0.2, -0.15) is 0 Å². The maximum absolute atomic E-state index is 4.43. The van der Waals surface area contributed by atoms with Gasteiger partial charge < -0.3 is 15.1 Å². The van der Waals surface area contributed by atoms with Gasteiger partial charge in [0.2, 0.25) is 0 Å². The molecule has 1 N–H and O–H groups in total. The van der Waals surface area contributed by atoms with E-state index in [0.29, 0.717) is 6.54 Å². The Balaban J connectivity index is 0.00000208. The lowest BCUT2D eigenvalue weighted by atomic mass is 10.2. The van der Waals surface area contributed by atoms with Crippen molar-refractivity contribution in [2.24, 2.45) is 4.99 Å². The number of nitrogens with zero attached hydrogens (tertiary/aromatic N) is 4. The van der Waals surface area contributed by atoms with Crippen LogP contribution in [0.5, 0.6) is 0 Å². The Morgan fingerprint density at radius 2 is 2.04 bits per heavy atom. The molecule has 7 heteroatoms. The number of pyridine rings is 1. The van der Waals surface area contributed by atoms with Crippen LogP contribution in [0.1, 0.15) is 11.3 Å². The van der Waals surface area contributed by atoms with E-state index in [-0.39, 0.29) is 24.0 Å². The Labute approximate surface area is 164 Å². The largest absolute Gasteiger partial charge is 0.360 e. The zero-order valence-electron chi connectivity index (χ0n) is 14.1.